The lowest BCUT2D eigenvalue weighted by molar-refractivity contribution is 0.102. The van der Waals surface area contributed by atoms with Gasteiger partial charge in [0.1, 0.15) is 5.52 Å². The topological polar surface area (TPSA) is 55.1 Å². The summed E-state index contributed by atoms with van der Waals surface area (Å²) in [6, 6.07) is 18.2. The summed E-state index contributed by atoms with van der Waals surface area (Å²) in [6.07, 6.45) is 0.929. The molecule has 0 spiro atoms. The molecule has 1 amide bonds. The molecule has 4 nitrogen and oxygen atoms in total. The van der Waals surface area contributed by atoms with Crippen molar-refractivity contribution < 1.29 is 9.21 Å². The third-order valence-corrected chi connectivity index (χ3v) is 5.25. The van der Waals surface area contributed by atoms with Crippen LogP contribution in [-0.2, 0) is 6.42 Å². The van der Waals surface area contributed by atoms with E-state index in [1.807, 2.05) is 36.4 Å². The lowest BCUT2D eigenvalue weighted by atomic mass is 10.1. The molecule has 0 aliphatic heterocycles. The first-order valence-corrected chi connectivity index (χ1v) is 9.97. The minimum absolute atomic E-state index is 0.192. The molecule has 1 aromatic heterocycles. The minimum atomic E-state index is -0.192. The Labute approximate surface area is 175 Å². The first-order valence-electron chi connectivity index (χ1n) is 8.80. The third-order valence-electron chi connectivity index (χ3n) is 4.41. The molecule has 0 saturated carbocycles. The molecular formula is C22H16BrClN2O2. The maximum atomic E-state index is 12.3. The number of fused-ring (bicyclic) bond motifs is 1. The summed E-state index contributed by atoms with van der Waals surface area (Å²) in [4.78, 5) is 16.9. The van der Waals surface area contributed by atoms with E-state index in [-0.39, 0.29) is 5.91 Å². The maximum absolute atomic E-state index is 12.3. The highest BCUT2D eigenvalue weighted by Gasteiger charge is 2.12. The van der Waals surface area contributed by atoms with E-state index in [0.717, 1.165) is 27.6 Å². The number of amides is 1. The summed E-state index contributed by atoms with van der Waals surface area (Å²) in [5, 5.41) is 3.46. The fourth-order valence-electron chi connectivity index (χ4n) is 2.87. The summed E-state index contributed by atoms with van der Waals surface area (Å²) in [5.41, 5.74) is 4.82. The van der Waals surface area contributed by atoms with Crippen molar-refractivity contribution in [1.82, 2.24) is 4.98 Å². The van der Waals surface area contributed by atoms with Crippen molar-refractivity contribution in [2.24, 2.45) is 0 Å². The number of aryl methyl sites for hydroxylation is 1. The van der Waals surface area contributed by atoms with Gasteiger partial charge in [-0.25, -0.2) is 4.98 Å². The van der Waals surface area contributed by atoms with E-state index in [0.29, 0.717) is 22.2 Å². The molecule has 140 valence electrons. The molecule has 3 aromatic carbocycles. The molecule has 0 aliphatic rings. The standard InChI is InChI=1S/C22H16BrClN2O2/c1-2-13-11-18(23)20-19(12-13)26-22(28-20)15-5-9-17(10-6-15)25-21(27)14-3-7-16(24)8-4-14/h3-12H,2H2,1H3,(H,25,27). The van der Waals surface area contributed by atoms with Crippen molar-refractivity contribution in [2.45, 2.75) is 13.3 Å². The van der Waals surface area contributed by atoms with Crippen LogP contribution >= 0.6 is 27.5 Å². The molecule has 6 heteroatoms. The Morgan fingerprint density at radius 1 is 1.11 bits per heavy atom. The second kappa shape index (κ2) is 7.78. The van der Waals surface area contributed by atoms with Gasteiger partial charge < -0.3 is 9.73 Å². The number of aromatic nitrogens is 1. The highest BCUT2D eigenvalue weighted by atomic mass is 79.9. The van der Waals surface area contributed by atoms with Gasteiger partial charge in [-0.1, -0.05) is 18.5 Å². The van der Waals surface area contributed by atoms with Crippen LogP contribution in [0, 0.1) is 0 Å². The highest BCUT2D eigenvalue weighted by Crippen LogP contribution is 2.31. The summed E-state index contributed by atoms with van der Waals surface area (Å²) in [7, 11) is 0. The molecule has 0 fully saturated rings. The number of hydrogen-bond acceptors (Lipinski definition) is 3. The van der Waals surface area contributed by atoms with Crippen LogP contribution in [0.25, 0.3) is 22.6 Å². The number of hydrogen-bond donors (Lipinski definition) is 1. The van der Waals surface area contributed by atoms with Gasteiger partial charge in [0.15, 0.2) is 5.58 Å². The smallest absolute Gasteiger partial charge is 0.255 e. The van der Waals surface area contributed by atoms with Crippen LogP contribution in [0.5, 0.6) is 0 Å². The number of carbonyl (C=O) groups excluding carboxylic acids is 1. The molecule has 0 unspecified atom stereocenters. The molecule has 4 aromatic rings. The Bertz CT molecular complexity index is 1150. The Morgan fingerprint density at radius 3 is 2.50 bits per heavy atom. The molecular weight excluding hydrogens is 440 g/mol. The van der Waals surface area contributed by atoms with Gasteiger partial charge in [-0.15, -0.1) is 0 Å². The van der Waals surface area contributed by atoms with Gasteiger partial charge in [-0.3, -0.25) is 4.79 Å². The van der Waals surface area contributed by atoms with Crippen LogP contribution in [0.3, 0.4) is 0 Å². The van der Waals surface area contributed by atoms with E-state index < -0.39 is 0 Å². The Morgan fingerprint density at radius 2 is 1.82 bits per heavy atom. The van der Waals surface area contributed by atoms with Gasteiger partial charge >= 0.3 is 0 Å². The van der Waals surface area contributed by atoms with E-state index in [1.165, 1.54) is 5.56 Å². The minimum Gasteiger partial charge on any atom is -0.435 e. The van der Waals surface area contributed by atoms with Crippen LogP contribution in [0.4, 0.5) is 5.69 Å². The number of rotatable bonds is 4. The monoisotopic (exact) mass is 454 g/mol. The zero-order valence-electron chi connectivity index (χ0n) is 15.0. The van der Waals surface area contributed by atoms with Gasteiger partial charge in [0.2, 0.25) is 5.89 Å². The highest BCUT2D eigenvalue weighted by molar-refractivity contribution is 9.10. The SMILES string of the molecule is CCc1cc(Br)c2oc(-c3ccc(NC(=O)c4ccc(Cl)cc4)cc3)nc2c1. The average Bonchev–Trinajstić information content (AvgIpc) is 3.13. The van der Waals surface area contributed by atoms with E-state index >= 15 is 0 Å². The van der Waals surface area contributed by atoms with Crippen LogP contribution in [0.1, 0.15) is 22.8 Å². The summed E-state index contributed by atoms with van der Waals surface area (Å²) in [5.74, 6) is 0.349. The number of halogens is 2. The average molecular weight is 456 g/mol. The molecule has 1 heterocycles. The normalized spacial score (nSPS) is 11.0. The summed E-state index contributed by atoms with van der Waals surface area (Å²) < 4.78 is 6.82. The van der Waals surface area contributed by atoms with Crippen LogP contribution in [0.2, 0.25) is 5.02 Å². The maximum Gasteiger partial charge on any atom is 0.255 e. The second-order valence-electron chi connectivity index (χ2n) is 6.34. The Kier molecular flexibility index (Phi) is 5.20. The molecule has 28 heavy (non-hydrogen) atoms. The zero-order valence-corrected chi connectivity index (χ0v) is 17.3. The molecule has 0 aliphatic carbocycles. The predicted octanol–water partition coefficient (Wildman–Crippen LogP) is 6.73. The fraction of sp³-hybridized carbons (Fsp3) is 0.0909. The molecule has 0 atom stereocenters. The summed E-state index contributed by atoms with van der Waals surface area (Å²) >= 11 is 9.41. The molecule has 0 bridgehead atoms. The van der Waals surface area contributed by atoms with Crippen LogP contribution in [0.15, 0.2) is 69.6 Å². The van der Waals surface area contributed by atoms with Crippen LogP contribution < -0.4 is 5.32 Å². The van der Waals surface area contributed by atoms with Crippen molar-refractivity contribution in [2.75, 3.05) is 5.32 Å². The first kappa shape index (κ1) is 18.7. The van der Waals surface area contributed by atoms with Crippen LogP contribution in [-0.4, -0.2) is 10.9 Å². The van der Waals surface area contributed by atoms with Crippen molar-refractivity contribution in [3.63, 3.8) is 0 Å². The van der Waals surface area contributed by atoms with Crippen molar-refractivity contribution in [3.05, 3.63) is 81.3 Å². The Hall–Kier alpha value is -2.63. The quantitative estimate of drug-likeness (QED) is 0.371. The van der Waals surface area contributed by atoms with Gasteiger partial charge in [-0.05, 0) is 88.6 Å². The zero-order chi connectivity index (χ0) is 19.7. The molecule has 0 saturated heterocycles. The van der Waals surface area contributed by atoms with Crippen molar-refractivity contribution >= 4 is 50.2 Å². The van der Waals surface area contributed by atoms with E-state index in [4.69, 9.17) is 16.0 Å². The van der Waals surface area contributed by atoms with Gasteiger partial charge in [0.25, 0.3) is 5.91 Å². The number of anilines is 1. The predicted molar refractivity (Wildman–Crippen MR) is 116 cm³/mol. The number of nitrogens with zero attached hydrogens (tertiary/aromatic N) is 1. The Balaban J connectivity index is 1.56. The number of nitrogens with one attached hydrogen (secondary N) is 1. The van der Waals surface area contributed by atoms with E-state index in [9.17, 15) is 4.79 Å². The van der Waals surface area contributed by atoms with Gasteiger partial charge in [0, 0.05) is 21.8 Å². The molecule has 1 N–H and O–H groups in total. The van der Waals surface area contributed by atoms with Crippen molar-refractivity contribution in [1.29, 1.82) is 0 Å². The largest absolute Gasteiger partial charge is 0.435 e. The second-order valence-corrected chi connectivity index (χ2v) is 7.63. The van der Waals surface area contributed by atoms with Crippen molar-refractivity contribution in [3.8, 4) is 11.5 Å². The van der Waals surface area contributed by atoms with Gasteiger partial charge in [-0.2, -0.15) is 0 Å². The first-order chi connectivity index (χ1) is 13.5. The molecule has 4 rings (SSSR count). The summed E-state index contributed by atoms with van der Waals surface area (Å²) in [6.45, 7) is 2.10. The number of oxazole rings is 1. The van der Waals surface area contributed by atoms with E-state index in [2.05, 4.69) is 33.2 Å². The molecule has 0 radical (unpaired) electrons. The number of carbonyl (C=O) groups is 1. The lowest BCUT2D eigenvalue weighted by Gasteiger charge is -2.06. The third kappa shape index (κ3) is 3.81. The van der Waals surface area contributed by atoms with E-state index in [1.54, 1.807) is 24.3 Å². The van der Waals surface area contributed by atoms with Gasteiger partial charge in [0.05, 0.1) is 4.47 Å². The fourth-order valence-corrected chi connectivity index (χ4v) is 3.58. The lowest BCUT2D eigenvalue weighted by Crippen LogP contribution is -2.11. The number of benzene rings is 3.